The molecule has 0 aliphatic heterocycles. The lowest BCUT2D eigenvalue weighted by Gasteiger charge is -2.11. The van der Waals surface area contributed by atoms with Crippen LogP contribution in [-0.4, -0.2) is 25.6 Å². The van der Waals surface area contributed by atoms with Gasteiger partial charge in [-0.1, -0.05) is 6.92 Å². The Morgan fingerprint density at radius 2 is 1.85 bits per heavy atom. The van der Waals surface area contributed by atoms with Crippen molar-refractivity contribution in [2.24, 2.45) is 5.92 Å². The Labute approximate surface area is 124 Å². The Morgan fingerprint density at radius 3 is 2.30 bits per heavy atom. The zero-order valence-electron chi connectivity index (χ0n) is 10.4. The van der Waals surface area contributed by atoms with Gasteiger partial charge in [-0.05, 0) is 41.9 Å². The minimum atomic E-state index is -4.36. The minimum Gasteiger partial charge on any atom is -0.284 e. The molecule has 1 unspecified atom stereocenters. The maximum Gasteiger partial charge on any atom is 0.446 e. The molecule has 1 aromatic rings. The van der Waals surface area contributed by atoms with E-state index in [0.29, 0.717) is 0 Å². The first-order chi connectivity index (χ1) is 9.11. The highest BCUT2D eigenvalue weighted by atomic mass is 35.5. The first-order valence-electron chi connectivity index (χ1n) is 5.53. The number of sulfonamides is 1. The van der Waals surface area contributed by atoms with E-state index < -0.39 is 15.5 Å². The van der Waals surface area contributed by atoms with E-state index in [0.717, 1.165) is 0 Å². The molecule has 0 radical (unpaired) electrons. The molecule has 0 heterocycles. The van der Waals surface area contributed by atoms with Gasteiger partial charge in [0.25, 0.3) is 0 Å². The van der Waals surface area contributed by atoms with Crippen LogP contribution in [0.3, 0.4) is 0 Å². The zero-order valence-corrected chi connectivity index (χ0v) is 12.8. The van der Waals surface area contributed by atoms with Gasteiger partial charge in [0.1, 0.15) is 0 Å². The SMILES string of the molecule is CC(CCl)CS(=O)(=O)Nc1ccc(SC(F)(F)F)cc1. The van der Waals surface area contributed by atoms with E-state index in [9.17, 15) is 21.6 Å². The fourth-order valence-electron chi connectivity index (χ4n) is 1.36. The Bertz CT molecular complexity index is 532. The van der Waals surface area contributed by atoms with E-state index in [-0.39, 0.29) is 39.9 Å². The molecule has 0 aliphatic carbocycles. The normalized spacial score (nSPS) is 14.1. The molecule has 1 atom stereocenters. The summed E-state index contributed by atoms with van der Waals surface area (Å²) in [5.74, 6) is -0.147. The second-order valence-corrected chi connectivity index (χ2v) is 7.43. The molecule has 0 bridgehead atoms. The first-order valence-corrected chi connectivity index (χ1v) is 8.54. The molecule has 0 saturated heterocycles. The van der Waals surface area contributed by atoms with Crippen molar-refractivity contribution >= 4 is 39.1 Å². The summed E-state index contributed by atoms with van der Waals surface area (Å²) in [6.45, 7) is 1.69. The van der Waals surface area contributed by atoms with Gasteiger partial charge in [0.2, 0.25) is 10.0 Å². The molecule has 114 valence electrons. The predicted molar refractivity (Wildman–Crippen MR) is 75.6 cm³/mol. The molecule has 0 aliphatic rings. The number of thioether (sulfide) groups is 1. The summed E-state index contributed by atoms with van der Waals surface area (Å²) in [6, 6.07) is 5.00. The van der Waals surface area contributed by atoms with Crippen LogP contribution >= 0.6 is 23.4 Å². The maximum absolute atomic E-state index is 12.1. The summed E-state index contributed by atoms with van der Waals surface area (Å²) in [5, 5.41) is 0. The number of nitrogens with one attached hydrogen (secondary N) is 1. The monoisotopic (exact) mass is 347 g/mol. The van der Waals surface area contributed by atoms with Gasteiger partial charge in [0, 0.05) is 16.5 Å². The third-order valence-electron chi connectivity index (χ3n) is 2.13. The van der Waals surface area contributed by atoms with Gasteiger partial charge in [0.15, 0.2) is 0 Å². The maximum atomic E-state index is 12.1. The smallest absolute Gasteiger partial charge is 0.284 e. The minimum absolute atomic E-state index is 0.00502. The van der Waals surface area contributed by atoms with Crippen LogP contribution in [0, 0.1) is 5.92 Å². The van der Waals surface area contributed by atoms with Crippen molar-refractivity contribution in [2.45, 2.75) is 17.3 Å². The van der Waals surface area contributed by atoms with Crippen LogP contribution in [0.5, 0.6) is 0 Å². The fraction of sp³-hybridized carbons (Fsp3) is 0.455. The van der Waals surface area contributed by atoms with E-state index in [1.807, 2.05) is 0 Å². The van der Waals surface area contributed by atoms with Crippen LogP contribution in [0.15, 0.2) is 29.2 Å². The number of rotatable bonds is 6. The second-order valence-electron chi connectivity index (χ2n) is 4.22. The predicted octanol–water partition coefficient (Wildman–Crippen LogP) is 3.92. The molecule has 0 saturated carbocycles. The van der Waals surface area contributed by atoms with Crippen molar-refractivity contribution in [3.8, 4) is 0 Å². The van der Waals surface area contributed by atoms with Crippen molar-refractivity contribution < 1.29 is 21.6 Å². The van der Waals surface area contributed by atoms with E-state index in [2.05, 4.69) is 4.72 Å². The molecule has 9 heteroatoms. The van der Waals surface area contributed by atoms with Crippen LogP contribution in [-0.2, 0) is 10.0 Å². The van der Waals surface area contributed by atoms with Crippen molar-refractivity contribution in [3.05, 3.63) is 24.3 Å². The summed E-state index contributed by atoms with van der Waals surface area (Å²) in [6.07, 6.45) is 0. The van der Waals surface area contributed by atoms with Crippen molar-refractivity contribution in [3.63, 3.8) is 0 Å². The number of hydrogen-bond acceptors (Lipinski definition) is 3. The number of anilines is 1. The molecule has 1 N–H and O–H groups in total. The van der Waals surface area contributed by atoms with E-state index in [1.54, 1.807) is 6.92 Å². The summed E-state index contributed by atoms with van der Waals surface area (Å²) in [5.41, 5.74) is -4.14. The Morgan fingerprint density at radius 1 is 1.30 bits per heavy atom. The summed E-state index contributed by atoms with van der Waals surface area (Å²) >= 11 is 5.29. The van der Waals surface area contributed by atoms with Crippen molar-refractivity contribution in [1.29, 1.82) is 0 Å². The van der Waals surface area contributed by atoms with Crippen LogP contribution in [0.25, 0.3) is 0 Å². The van der Waals surface area contributed by atoms with Crippen LogP contribution in [0.4, 0.5) is 18.9 Å². The van der Waals surface area contributed by atoms with Gasteiger partial charge < -0.3 is 0 Å². The molecular weight excluding hydrogens is 335 g/mol. The van der Waals surface area contributed by atoms with E-state index in [1.165, 1.54) is 24.3 Å². The van der Waals surface area contributed by atoms with Gasteiger partial charge in [0.05, 0.1) is 5.75 Å². The van der Waals surface area contributed by atoms with Crippen LogP contribution in [0.2, 0.25) is 0 Å². The van der Waals surface area contributed by atoms with Gasteiger partial charge in [-0.15, -0.1) is 11.6 Å². The molecule has 20 heavy (non-hydrogen) atoms. The number of halogens is 4. The number of alkyl halides is 4. The number of benzene rings is 1. The highest BCUT2D eigenvalue weighted by Crippen LogP contribution is 2.37. The van der Waals surface area contributed by atoms with Crippen molar-refractivity contribution in [2.75, 3.05) is 16.4 Å². The van der Waals surface area contributed by atoms with Crippen LogP contribution in [0.1, 0.15) is 6.92 Å². The topological polar surface area (TPSA) is 46.2 Å². The third kappa shape index (κ3) is 6.71. The molecule has 0 amide bonds. The highest BCUT2D eigenvalue weighted by Gasteiger charge is 2.29. The number of hydrogen-bond donors (Lipinski definition) is 1. The fourth-order valence-corrected chi connectivity index (χ4v) is 3.59. The molecule has 0 aromatic heterocycles. The lowest BCUT2D eigenvalue weighted by Crippen LogP contribution is -2.22. The van der Waals surface area contributed by atoms with Crippen LogP contribution < -0.4 is 4.72 Å². The van der Waals surface area contributed by atoms with Gasteiger partial charge in [-0.2, -0.15) is 13.2 Å². The average Bonchev–Trinajstić information content (AvgIpc) is 2.28. The summed E-state index contributed by atoms with van der Waals surface area (Å²) in [4.78, 5) is -0.00502. The van der Waals surface area contributed by atoms with E-state index in [4.69, 9.17) is 11.6 Å². The van der Waals surface area contributed by atoms with E-state index >= 15 is 0 Å². The molecular formula is C11H13ClF3NO2S2. The molecule has 0 fully saturated rings. The van der Waals surface area contributed by atoms with Gasteiger partial charge in [-0.3, -0.25) is 4.72 Å². The molecule has 1 rings (SSSR count). The first kappa shape index (κ1) is 17.5. The molecule has 3 nitrogen and oxygen atoms in total. The largest absolute Gasteiger partial charge is 0.446 e. The zero-order chi connectivity index (χ0) is 15.4. The lowest BCUT2D eigenvalue weighted by molar-refractivity contribution is -0.0328. The van der Waals surface area contributed by atoms with Gasteiger partial charge in [-0.25, -0.2) is 8.42 Å². The quantitative estimate of drug-likeness (QED) is 0.626. The summed E-state index contributed by atoms with van der Waals surface area (Å²) < 4.78 is 62.2. The van der Waals surface area contributed by atoms with Gasteiger partial charge >= 0.3 is 5.51 Å². The third-order valence-corrected chi connectivity index (χ3v) is 4.95. The molecule has 1 aromatic carbocycles. The highest BCUT2D eigenvalue weighted by molar-refractivity contribution is 8.00. The average molecular weight is 348 g/mol. The Kier molecular flexibility index (Phi) is 6.03. The standard InChI is InChI=1S/C11H13ClF3NO2S2/c1-8(6-12)7-20(17,18)16-9-2-4-10(5-3-9)19-11(13,14)15/h2-5,8,16H,6-7H2,1H3. The second kappa shape index (κ2) is 6.91. The van der Waals surface area contributed by atoms with Crippen molar-refractivity contribution in [1.82, 2.24) is 0 Å². The molecule has 0 spiro atoms. The summed E-state index contributed by atoms with van der Waals surface area (Å²) in [7, 11) is -3.56. The Balaban J connectivity index is 2.70. The lowest BCUT2D eigenvalue weighted by atomic mass is 10.3. The Hall–Kier alpha value is -0.600.